The number of carbonyl (C=O) groups is 1. The van der Waals surface area contributed by atoms with Crippen molar-refractivity contribution in [2.24, 2.45) is 0 Å². The standard InChI is InChI=1S/C20H20ClN5O3S2/c21-16-5-1-2-6-17(16)26-18(23-24-20(26)30)13-22-19(27)14-7-9-15(10-8-14)31(28,29)25-11-3-4-12-25/h1-2,5-10H,3-4,11-13H2,(H,22,27)(H,24,30). The minimum atomic E-state index is -3.51. The van der Waals surface area contributed by atoms with Crippen LogP contribution in [0.2, 0.25) is 5.02 Å². The number of benzene rings is 2. The summed E-state index contributed by atoms with van der Waals surface area (Å²) in [5.74, 6) is 0.129. The van der Waals surface area contributed by atoms with E-state index in [0.717, 1.165) is 12.8 Å². The molecule has 2 heterocycles. The third-order valence-corrected chi connectivity index (χ3v) is 7.57. The molecule has 162 valence electrons. The van der Waals surface area contributed by atoms with Crippen molar-refractivity contribution in [1.82, 2.24) is 24.4 Å². The van der Waals surface area contributed by atoms with Crippen molar-refractivity contribution < 1.29 is 13.2 Å². The average molecular weight is 478 g/mol. The van der Waals surface area contributed by atoms with Crippen molar-refractivity contribution in [2.75, 3.05) is 13.1 Å². The van der Waals surface area contributed by atoms with Crippen LogP contribution in [-0.4, -0.2) is 46.5 Å². The zero-order chi connectivity index (χ0) is 22.0. The lowest BCUT2D eigenvalue weighted by molar-refractivity contribution is 0.0949. The van der Waals surface area contributed by atoms with E-state index in [9.17, 15) is 13.2 Å². The second kappa shape index (κ2) is 8.91. The van der Waals surface area contributed by atoms with Gasteiger partial charge in [0.05, 0.1) is 22.2 Å². The second-order valence-corrected chi connectivity index (χ2v) is 9.78. The number of sulfonamides is 1. The van der Waals surface area contributed by atoms with Gasteiger partial charge in [-0.15, -0.1) is 0 Å². The van der Waals surface area contributed by atoms with Gasteiger partial charge in [-0.05, 0) is 61.5 Å². The predicted octanol–water partition coefficient (Wildman–Crippen LogP) is 3.30. The number of nitrogens with one attached hydrogen (secondary N) is 2. The summed E-state index contributed by atoms with van der Waals surface area (Å²) >= 11 is 11.6. The van der Waals surface area contributed by atoms with E-state index < -0.39 is 10.0 Å². The van der Waals surface area contributed by atoms with Crippen LogP contribution in [0.1, 0.15) is 29.0 Å². The molecule has 1 amide bonds. The number of nitrogens with zero attached hydrogens (tertiary/aromatic N) is 3. The molecule has 11 heteroatoms. The highest BCUT2D eigenvalue weighted by Crippen LogP contribution is 2.22. The first-order chi connectivity index (χ1) is 14.9. The molecule has 2 aromatic carbocycles. The van der Waals surface area contributed by atoms with Gasteiger partial charge in [0.15, 0.2) is 10.6 Å². The Hall–Kier alpha value is -2.53. The van der Waals surface area contributed by atoms with Gasteiger partial charge in [-0.1, -0.05) is 23.7 Å². The summed E-state index contributed by atoms with van der Waals surface area (Å²) in [6.07, 6.45) is 1.74. The highest BCUT2D eigenvalue weighted by atomic mass is 35.5. The molecule has 3 aromatic rings. The fourth-order valence-corrected chi connectivity index (χ4v) is 5.43. The molecule has 1 aliphatic heterocycles. The van der Waals surface area contributed by atoms with Crippen LogP contribution in [0.5, 0.6) is 0 Å². The Balaban J connectivity index is 1.48. The second-order valence-electron chi connectivity index (χ2n) is 7.05. The van der Waals surface area contributed by atoms with Crippen LogP contribution in [0.25, 0.3) is 5.69 Å². The third-order valence-electron chi connectivity index (χ3n) is 5.06. The van der Waals surface area contributed by atoms with Crippen LogP contribution in [-0.2, 0) is 16.6 Å². The number of hydrogen-bond donors (Lipinski definition) is 2. The highest BCUT2D eigenvalue weighted by molar-refractivity contribution is 7.89. The quantitative estimate of drug-likeness (QED) is 0.530. The molecule has 1 saturated heterocycles. The number of amides is 1. The molecule has 1 aliphatic rings. The minimum Gasteiger partial charge on any atom is -0.345 e. The van der Waals surface area contributed by atoms with Gasteiger partial charge in [-0.2, -0.15) is 9.40 Å². The molecule has 0 unspecified atom stereocenters. The minimum absolute atomic E-state index is 0.102. The molecule has 0 spiro atoms. The van der Waals surface area contributed by atoms with Crippen molar-refractivity contribution in [2.45, 2.75) is 24.3 Å². The lowest BCUT2D eigenvalue weighted by atomic mass is 10.2. The third kappa shape index (κ3) is 4.42. The van der Waals surface area contributed by atoms with Crippen LogP contribution in [0.3, 0.4) is 0 Å². The highest BCUT2D eigenvalue weighted by Gasteiger charge is 2.27. The lowest BCUT2D eigenvalue weighted by Crippen LogP contribution is -2.28. The molecule has 1 fully saturated rings. The summed E-state index contributed by atoms with van der Waals surface area (Å²) in [5.41, 5.74) is 1.00. The van der Waals surface area contributed by atoms with Crippen LogP contribution in [0, 0.1) is 4.77 Å². The van der Waals surface area contributed by atoms with E-state index in [1.807, 2.05) is 12.1 Å². The summed E-state index contributed by atoms with van der Waals surface area (Å²) in [5, 5.41) is 10.2. The summed E-state index contributed by atoms with van der Waals surface area (Å²) in [7, 11) is -3.51. The Morgan fingerprint density at radius 1 is 1.13 bits per heavy atom. The molecule has 0 saturated carbocycles. The Morgan fingerprint density at radius 3 is 2.48 bits per heavy atom. The Labute approximate surface area is 189 Å². The van der Waals surface area contributed by atoms with Crippen molar-refractivity contribution in [3.63, 3.8) is 0 Å². The van der Waals surface area contributed by atoms with Gasteiger partial charge in [-0.3, -0.25) is 14.5 Å². The number of rotatable bonds is 6. The Kier molecular flexibility index (Phi) is 6.24. The maximum atomic E-state index is 12.6. The molecule has 8 nitrogen and oxygen atoms in total. The molecule has 31 heavy (non-hydrogen) atoms. The Morgan fingerprint density at radius 2 is 1.81 bits per heavy atom. The van der Waals surface area contributed by atoms with E-state index in [0.29, 0.717) is 40.0 Å². The normalized spacial score (nSPS) is 14.6. The van der Waals surface area contributed by atoms with Crippen LogP contribution < -0.4 is 5.32 Å². The van der Waals surface area contributed by atoms with Gasteiger partial charge in [0, 0.05) is 18.7 Å². The molecular weight excluding hydrogens is 458 g/mol. The average Bonchev–Trinajstić information content (AvgIpc) is 3.43. The fraction of sp³-hybridized carbons (Fsp3) is 0.250. The maximum Gasteiger partial charge on any atom is 0.251 e. The van der Waals surface area contributed by atoms with Crippen molar-refractivity contribution in [1.29, 1.82) is 0 Å². The van der Waals surface area contributed by atoms with Crippen LogP contribution in [0.15, 0.2) is 53.4 Å². The molecule has 0 atom stereocenters. The summed E-state index contributed by atoms with van der Waals surface area (Å²) in [6, 6.07) is 13.1. The van der Waals surface area contributed by atoms with E-state index in [4.69, 9.17) is 23.8 Å². The van der Waals surface area contributed by atoms with E-state index in [1.165, 1.54) is 28.6 Å². The van der Waals surface area contributed by atoms with Gasteiger partial charge in [0.25, 0.3) is 5.91 Å². The van der Waals surface area contributed by atoms with E-state index in [1.54, 1.807) is 16.7 Å². The predicted molar refractivity (Wildman–Crippen MR) is 119 cm³/mol. The SMILES string of the molecule is O=C(NCc1n[nH]c(=S)n1-c1ccccc1Cl)c1ccc(S(=O)(=O)N2CCCC2)cc1. The number of carbonyl (C=O) groups excluding carboxylic acids is 1. The van der Waals surface area contributed by atoms with E-state index >= 15 is 0 Å². The number of halogens is 1. The molecular formula is C20H20ClN5O3S2. The van der Waals surface area contributed by atoms with Crippen LogP contribution >= 0.6 is 23.8 Å². The largest absolute Gasteiger partial charge is 0.345 e. The van der Waals surface area contributed by atoms with Gasteiger partial charge in [0.2, 0.25) is 10.0 Å². The first-order valence-corrected chi connectivity index (χ1v) is 11.9. The monoisotopic (exact) mass is 477 g/mol. The number of para-hydroxylation sites is 1. The topological polar surface area (TPSA) is 100 Å². The van der Waals surface area contributed by atoms with E-state index in [-0.39, 0.29) is 17.3 Å². The van der Waals surface area contributed by atoms with E-state index in [2.05, 4.69) is 15.5 Å². The number of H-pyrrole nitrogens is 1. The summed E-state index contributed by atoms with van der Waals surface area (Å²) in [4.78, 5) is 12.8. The Bertz CT molecular complexity index is 1260. The number of aromatic amines is 1. The zero-order valence-electron chi connectivity index (χ0n) is 16.4. The van der Waals surface area contributed by atoms with Gasteiger partial charge in [0.1, 0.15) is 0 Å². The van der Waals surface area contributed by atoms with Crippen molar-refractivity contribution in [3.8, 4) is 5.69 Å². The maximum absolute atomic E-state index is 12.6. The zero-order valence-corrected chi connectivity index (χ0v) is 18.8. The van der Waals surface area contributed by atoms with Crippen molar-refractivity contribution >= 4 is 39.7 Å². The van der Waals surface area contributed by atoms with Gasteiger partial charge >= 0.3 is 0 Å². The molecule has 0 aliphatic carbocycles. The molecule has 0 bridgehead atoms. The molecule has 0 radical (unpaired) electrons. The summed E-state index contributed by atoms with van der Waals surface area (Å²) in [6.45, 7) is 1.17. The number of hydrogen-bond acceptors (Lipinski definition) is 5. The number of aromatic nitrogens is 3. The smallest absolute Gasteiger partial charge is 0.251 e. The van der Waals surface area contributed by atoms with Crippen molar-refractivity contribution in [3.05, 3.63) is 69.7 Å². The lowest BCUT2D eigenvalue weighted by Gasteiger charge is -2.15. The first kappa shape index (κ1) is 21.7. The fourth-order valence-electron chi connectivity index (χ4n) is 3.45. The van der Waals surface area contributed by atoms with Crippen LogP contribution in [0.4, 0.5) is 0 Å². The van der Waals surface area contributed by atoms with Gasteiger partial charge in [-0.25, -0.2) is 8.42 Å². The molecule has 4 rings (SSSR count). The molecule has 2 N–H and O–H groups in total. The van der Waals surface area contributed by atoms with Gasteiger partial charge < -0.3 is 5.32 Å². The first-order valence-electron chi connectivity index (χ1n) is 9.67. The molecule has 1 aromatic heterocycles. The summed E-state index contributed by atoms with van der Waals surface area (Å²) < 4.78 is 28.7.